The van der Waals surface area contributed by atoms with Crippen LogP contribution in [0.5, 0.6) is 5.75 Å². The Hall–Kier alpha value is -4.44. The van der Waals surface area contributed by atoms with Gasteiger partial charge < -0.3 is 24.1 Å². The molecule has 0 saturated carbocycles. The van der Waals surface area contributed by atoms with E-state index in [9.17, 15) is 14.9 Å². The highest BCUT2D eigenvalue weighted by atomic mass is 16.6. The van der Waals surface area contributed by atoms with Gasteiger partial charge in [-0.3, -0.25) is 14.9 Å². The lowest BCUT2D eigenvalue weighted by Gasteiger charge is -2.28. The molecule has 4 aromatic rings. The summed E-state index contributed by atoms with van der Waals surface area (Å²) < 4.78 is 16.8. The third-order valence-corrected chi connectivity index (χ3v) is 6.56. The van der Waals surface area contributed by atoms with E-state index in [1.807, 2.05) is 23.1 Å². The minimum atomic E-state index is -0.504. The number of aromatic nitrogens is 1. The number of nitrogens with one attached hydrogen (secondary N) is 1. The number of anilines is 2. The molecule has 0 aliphatic carbocycles. The molecule has 1 aliphatic heterocycles. The summed E-state index contributed by atoms with van der Waals surface area (Å²) >= 11 is 0. The molecule has 0 radical (unpaired) electrons. The Balaban J connectivity index is 1.43. The number of hydrogen-bond donors (Lipinski definition) is 1. The second kappa shape index (κ2) is 10.5. The van der Waals surface area contributed by atoms with Gasteiger partial charge in [0.05, 0.1) is 30.9 Å². The number of benzene rings is 3. The molecule has 1 fully saturated rings. The summed E-state index contributed by atoms with van der Waals surface area (Å²) in [6, 6.07) is 15.6. The van der Waals surface area contributed by atoms with Crippen molar-refractivity contribution in [1.29, 1.82) is 0 Å². The van der Waals surface area contributed by atoms with Gasteiger partial charge in [-0.05, 0) is 53.9 Å². The smallest absolute Gasteiger partial charge is 0.293 e. The van der Waals surface area contributed by atoms with Gasteiger partial charge in [0.2, 0.25) is 5.89 Å². The fraction of sp³-hybridized carbons (Fsp3) is 0.286. The number of nitro benzene ring substituents is 1. The van der Waals surface area contributed by atoms with Crippen molar-refractivity contribution in [3.63, 3.8) is 0 Å². The van der Waals surface area contributed by atoms with E-state index in [-0.39, 0.29) is 11.3 Å². The van der Waals surface area contributed by atoms with E-state index < -0.39 is 10.8 Å². The summed E-state index contributed by atoms with van der Waals surface area (Å²) in [5.74, 6) is 0.696. The second-order valence-corrected chi connectivity index (χ2v) is 9.33. The molecule has 1 saturated heterocycles. The van der Waals surface area contributed by atoms with E-state index in [0.29, 0.717) is 66.4 Å². The summed E-state index contributed by atoms with van der Waals surface area (Å²) in [7, 11) is 1.50. The van der Waals surface area contributed by atoms with Crippen molar-refractivity contribution in [1.82, 2.24) is 4.98 Å². The third-order valence-electron chi connectivity index (χ3n) is 6.56. The third kappa shape index (κ3) is 5.03. The van der Waals surface area contributed by atoms with Gasteiger partial charge >= 0.3 is 0 Å². The van der Waals surface area contributed by atoms with E-state index in [1.54, 1.807) is 30.3 Å². The number of carbonyl (C=O) groups excluding carboxylic acids is 1. The van der Waals surface area contributed by atoms with Crippen LogP contribution in [-0.2, 0) is 4.74 Å². The van der Waals surface area contributed by atoms with E-state index >= 15 is 0 Å². The van der Waals surface area contributed by atoms with Crippen LogP contribution in [0.3, 0.4) is 0 Å². The zero-order chi connectivity index (χ0) is 26.8. The average molecular weight is 517 g/mol. The van der Waals surface area contributed by atoms with Gasteiger partial charge in [-0.2, -0.15) is 0 Å². The lowest BCUT2D eigenvalue weighted by atomic mass is 10.0. The molecule has 10 heteroatoms. The van der Waals surface area contributed by atoms with Gasteiger partial charge in [0.1, 0.15) is 17.0 Å². The van der Waals surface area contributed by atoms with Gasteiger partial charge in [0, 0.05) is 30.3 Å². The summed E-state index contributed by atoms with van der Waals surface area (Å²) in [4.78, 5) is 31.0. The summed E-state index contributed by atoms with van der Waals surface area (Å²) in [6.07, 6.45) is 0. The van der Waals surface area contributed by atoms with Crippen molar-refractivity contribution in [3.05, 3.63) is 75.8 Å². The largest absolute Gasteiger partial charge is 0.495 e. The van der Waals surface area contributed by atoms with Crippen molar-refractivity contribution >= 4 is 34.1 Å². The first-order valence-electron chi connectivity index (χ1n) is 12.4. The zero-order valence-corrected chi connectivity index (χ0v) is 21.4. The van der Waals surface area contributed by atoms with Gasteiger partial charge in [0.15, 0.2) is 5.58 Å². The molecule has 5 rings (SSSR count). The number of amides is 1. The molecule has 38 heavy (non-hydrogen) atoms. The van der Waals surface area contributed by atoms with Crippen LogP contribution in [0.15, 0.2) is 59.0 Å². The predicted octanol–water partition coefficient (Wildman–Crippen LogP) is 5.62. The molecule has 1 aliphatic rings. The Kier molecular flexibility index (Phi) is 6.97. The molecule has 3 aromatic carbocycles. The number of morpholine rings is 1. The number of rotatable bonds is 7. The number of nitro groups is 1. The molecule has 1 aromatic heterocycles. The molecule has 196 valence electrons. The highest BCUT2D eigenvalue weighted by molar-refractivity contribution is 6.06. The SMILES string of the molecule is COc1ccc(-c2nc3cc(C(C)C)ccc3o2)cc1NC(=O)c1ccc(N2CCOCC2)c([N+](=O)[O-])c1. The Morgan fingerprint density at radius 1 is 1.11 bits per heavy atom. The number of oxazole rings is 1. The van der Waals surface area contributed by atoms with Crippen LogP contribution in [0, 0.1) is 10.1 Å². The maximum Gasteiger partial charge on any atom is 0.293 e. The Morgan fingerprint density at radius 3 is 2.61 bits per heavy atom. The topological polar surface area (TPSA) is 120 Å². The van der Waals surface area contributed by atoms with Crippen LogP contribution in [0.25, 0.3) is 22.6 Å². The highest BCUT2D eigenvalue weighted by Gasteiger charge is 2.24. The first-order chi connectivity index (χ1) is 18.3. The standard InChI is InChI=1S/C28H28N4O6/c1-17(2)18-5-9-26-22(14-18)30-28(38-26)20-6-8-25(36-3)21(15-20)29-27(33)19-4-7-23(24(16-19)32(34)35)31-10-12-37-13-11-31/h4-9,14-17H,10-13H2,1-3H3,(H,29,33). The lowest BCUT2D eigenvalue weighted by molar-refractivity contribution is -0.384. The van der Waals surface area contributed by atoms with Crippen molar-refractivity contribution in [2.24, 2.45) is 0 Å². The van der Waals surface area contributed by atoms with E-state index in [4.69, 9.17) is 13.9 Å². The van der Waals surface area contributed by atoms with Crippen molar-refractivity contribution in [2.75, 3.05) is 43.6 Å². The minimum Gasteiger partial charge on any atom is -0.495 e. The second-order valence-electron chi connectivity index (χ2n) is 9.33. The fourth-order valence-electron chi connectivity index (χ4n) is 4.44. The fourth-order valence-corrected chi connectivity index (χ4v) is 4.44. The molecule has 1 amide bonds. The molecule has 10 nitrogen and oxygen atoms in total. The van der Waals surface area contributed by atoms with Crippen LogP contribution >= 0.6 is 0 Å². The number of fused-ring (bicyclic) bond motifs is 1. The molecular weight excluding hydrogens is 488 g/mol. The highest BCUT2D eigenvalue weighted by Crippen LogP contribution is 2.34. The lowest BCUT2D eigenvalue weighted by Crippen LogP contribution is -2.36. The number of ether oxygens (including phenoxy) is 2. The molecule has 2 heterocycles. The molecule has 1 N–H and O–H groups in total. The van der Waals surface area contributed by atoms with E-state index in [0.717, 1.165) is 11.1 Å². The minimum absolute atomic E-state index is 0.132. The van der Waals surface area contributed by atoms with Crippen LogP contribution in [-0.4, -0.2) is 49.2 Å². The number of carbonyl (C=O) groups is 1. The van der Waals surface area contributed by atoms with Gasteiger partial charge in [0.25, 0.3) is 11.6 Å². The number of nitrogens with zero attached hydrogens (tertiary/aromatic N) is 3. The maximum absolute atomic E-state index is 13.2. The van der Waals surface area contributed by atoms with Crippen molar-refractivity contribution in [2.45, 2.75) is 19.8 Å². The number of methoxy groups -OCH3 is 1. The van der Waals surface area contributed by atoms with Crippen LogP contribution in [0.2, 0.25) is 0 Å². The maximum atomic E-state index is 13.2. The van der Waals surface area contributed by atoms with Gasteiger partial charge in [-0.1, -0.05) is 19.9 Å². The average Bonchev–Trinajstić information content (AvgIpc) is 3.36. The first-order valence-corrected chi connectivity index (χ1v) is 12.4. The zero-order valence-electron chi connectivity index (χ0n) is 21.4. The number of hydrogen-bond acceptors (Lipinski definition) is 8. The molecular formula is C28H28N4O6. The van der Waals surface area contributed by atoms with E-state index in [2.05, 4.69) is 24.1 Å². The Morgan fingerprint density at radius 2 is 1.89 bits per heavy atom. The Labute approximate surface area is 219 Å². The molecule has 0 bridgehead atoms. The van der Waals surface area contributed by atoms with Gasteiger partial charge in [-0.25, -0.2) is 4.98 Å². The van der Waals surface area contributed by atoms with Crippen molar-refractivity contribution < 1.29 is 23.6 Å². The van der Waals surface area contributed by atoms with Crippen LogP contribution in [0.4, 0.5) is 17.1 Å². The monoisotopic (exact) mass is 516 g/mol. The molecule has 0 atom stereocenters. The predicted molar refractivity (Wildman–Crippen MR) is 144 cm³/mol. The quantitative estimate of drug-likeness (QED) is 0.248. The summed E-state index contributed by atoms with van der Waals surface area (Å²) in [6.45, 7) is 6.32. The summed E-state index contributed by atoms with van der Waals surface area (Å²) in [5.41, 5.74) is 4.10. The van der Waals surface area contributed by atoms with Gasteiger partial charge in [-0.15, -0.1) is 0 Å². The molecule has 0 unspecified atom stereocenters. The summed E-state index contributed by atoms with van der Waals surface area (Å²) in [5, 5.41) is 14.6. The first kappa shape index (κ1) is 25.2. The van der Waals surface area contributed by atoms with E-state index in [1.165, 1.54) is 13.2 Å². The van der Waals surface area contributed by atoms with Crippen LogP contribution < -0.4 is 15.0 Å². The Bertz CT molecular complexity index is 1510. The normalized spacial score (nSPS) is 13.6. The van der Waals surface area contributed by atoms with Crippen LogP contribution in [0.1, 0.15) is 35.7 Å². The molecule has 0 spiro atoms. The van der Waals surface area contributed by atoms with Crippen molar-refractivity contribution in [3.8, 4) is 17.2 Å².